The van der Waals surface area contributed by atoms with Gasteiger partial charge in [-0.15, -0.1) is 0 Å². The number of amides is 1. The van der Waals surface area contributed by atoms with Crippen LogP contribution in [-0.4, -0.2) is 34.1 Å². The highest BCUT2D eigenvalue weighted by Crippen LogP contribution is 2.31. The van der Waals surface area contributed by atoms with Crippen molar-refractivity contribution < 1.29 is 31.1 Å². The van der Waals surface area contributed by atoms with Crippen LogP contribution in [0.25, 0.3) is 0 Å². The summed E-state index contributed by atoms with van der Waals surface area (Å²) in [7, 11) is -3.96. The number of nitrogens with zero attached hydrogens (tertiary/aromatic N) is 4. The summed E-state index contributed by atoms with van der Waals surface area (Å²) in [5, 5.41) is 6.64. The number of nitrogens with one attached hydrogen (secondary N) is 2. The molecule has 2 aromatic carbocycles. The third kappa shape index (κ3) is 6.64. The number of aromatic nitrogens is 4. The maximum atomic E-state index is 12.8. The van der Waals surface area contributed by atoms with Crippen molar-refractivity contribution in [2.24, 2.45) is 0 Å². The van der Waals surface area contributed by atoms with Gasteiger partial charge in [0.05, 0.1) is 10.5 Å². The van der Waals surface area contributed by atoms with Gasteiger partial charge in [-0.05, 0) is 68.4 Å². The summed E-state index contributed by atoms with van der Waals surface area (Å²) in [5.74, 6) is -0.636. The van der Waals surface area contributed by atoms with Crippen LogP contribution in [0.4, 0.5) is 24.8 Å². The molecule has 0 saturated heterocycles. The molecule has 0 aliphatic heterocycles. The summed E-state index contributed by atoms with van der Waals surface area (Å²) >= 11 is 0. The maximum absolute atomic E-state index is 12.8. The van der Waals surface area contributed by atoms with Crippen LogP contribution >= 0.6 is 0 Å². The highest BCUT2D eigenvalue weighted by molar-refractivity contribution is 7.92. The fourth-order valence-corrected chi connectivity index (χ4v) is 4.26. The minimum atomic E-state index is -4.50. The van der Waals surface area contributed by atoms with E-state index in [1.165, 1.54) is 53.3 Å². The van der Waals surface area contributed by atoms with Gasteiger partial charge in [0.15, 0.2) is 12.4 Å². The zero-order valence-electron chi connectivity index (χ0n) is 20.0. The Bertz CT molecular complexity index is 1550. The van der Waals surface area contributed by atoms with Crippen molar-refractivity contribution in [3.05, 3.63) is 89.5 Å². The van der Waals surface area contributed by atoms with Gasteiger partial charge in [0.25, 0.3) is 15.9 Å². The van der Waals surface area contributed by atoms with Crippen LogP contribution < -0.4 is 14.8 Å². The molecule has 4 aromatic rings. The SMILES string of the molecule is Cc1cc(C)nc(NS(=O)(=O)c2ccc(NC(=O)c3ccn(COc4cccc(C(F)(F)F)c4)n3)cc2)n1. The molecule has 0 unspecified atom stereocenters. The van der Waals surface area contributed by atoms with Crippen LogP contribution in [0.15, 0.2) is 71.8 Å². The zero-order valence-corrected chi connectivity index (χ0v) is 20.8. The predicted octanol–water partition coefficient (Wildman–Crippen LogP) is 4.40. The van der Waals surface area contributed by atoms with E-state index in [9.17, 15) is 26.4 Å². The number of anilines is 2. The average molecular weight is 547 g/mol. The third-order valence-corrected chi connectivity index (χ3v) is 6.37. The highest BCUT2D eigenvalue weighted by atomic mass is 32.2. The van der Waals surface area contributed by atoms with Gasteiger partial charge in [0.2, 0.25) is 5.95 Å². The van der Waals surface area contributed by atoms with Gasteiger partial charge in [-0.1, -0.05) is 6.07 Å². The summed E-state index contributed by atoms with van der Waals surface area (Å²) in [4.78, 5) is 20.6. The van der Waals surface area contributed by atoms with Gasteiger partial charge in [-0.25, -0.2) is 27.8 Å². The third-order valence-electron chi connectivity index (χ3n) is 5.03. The normalized spacial score (nSPS) is 11.7. The lowest BCUT2D eigenvalue weighted by Crippen LogP contribution is -2.16. The first-order chi connectivity index (χ1) is 17.9. The van der Waals surface area contributed by atoms with Crippen LogP contribution in [0, 0.1) is 13.8 Å². The Kier molecular flexibility index (Phi) is 7.35. The molecular weight excluding hydrogens is 525 g/mol. The number of sulfonamides is 1. The molecule has 0 aliphatic carbocycles. The van der Waals surface area contributed by atoms with Gasteiger partial charge in [-0.2, -0.15) is 18.3 Å². The molecule has 0 atom stereocenters. The molecule has 2 aromatic heterocycles. The van der Waals surface area contributed by atoms with Crippen LogP contribution in [-0.2, 0) is 22.9 Å². The van der Waals surface area contributed by atoms with Gasteiger partial charge in [0, 0.05) is 23.3 Å². The lowest BCUT2D eigenvalue weighted by atomic mass is 10.2. The average Bonchev–Trinajstić information content (AvgIpc) is 3.31. The molecule has 2 N–H and O–H groups in total. The van der Waals surface area contributed by atoms with Gasteiger partial charge < -0.3 is 10.1 Å². The molecular formula is C24H21F3N6O4S. The number of alkyl halides is 3. The number of benzene rings is 2. The number of ether oxygens (including phenoxy) is 1. The molecule has 10 nitrogen and oxygen atoms in total. The Morgan fingerprint density at radius 1 is 1.00 bits per heavy atom. The van der Waals surface area contributed by atoms with E-state index in [-0.39, 0.29) is 29.0 Å². The van der Waals surface area contributed by atoms with E-state index in [2.05, 4.69) is 25.1 Å². The van der Waals surface area contributed by atoms with Crippen molar-refractivity contribution in [1.29, 1.82) is 0 Å². The number of rotatable bonds is 8. The van der Waals surface area contributed by atoms with Crippen molar-refractivity contribution >= 4 is 27.6 Å². The van der Waals surface area contributed by atoms with Crippen molar-refractivity contribution in [2.75, 3.05) is 10.0 Å². The second-order valence-electron chi connectivity index (χ2n) is 8.10. The topological polar surface area (TPSA) is 128 Å². The standard InChI is InChI=1S/C24H21F3N6O4S/c1-15-12-16(2)29-23(28-15)32-38(35,36)20-8-6-18(7-9-20)30-22(34)21-10-11-33(31-21)14-37-19-5-3-4-17(13-19)24(25,26)27/h3-13H,14H2,1-2H3,(H,30,34)(H,28,29,32). The molecule has 0 radical (unpaired) electrons. The minimum Gasteiger partial charge on any atom is -0.471 e. The van der Waals surface area contributed by atoms with E-state index < -0.39 is 27.7 Å². The predicted molar refractivity (Wildman–Crippen MR) is 131 cm³/mol. The minimum absolute atomic E-state index is 0.00467. The Hall–Kier alpha value is -4.46. The number of carbonyl (C=O) groups excluding carboxylic acids is 1. The molecule has 38 heavy (non-hydrogen) atoms. The maximum Gasteiger partial charge on any atom is 0.416 e. The molecule has 0 fully saturated rings. The van der Waals surface area contributed by atoms with Gasteiger partial charge >= 0.3 is 6.18 Å². The Labute approximate surface area is 215 Å². The first kappa shape index (κ1) is 26.6. The molecule has 4 rings (SSSR count). The van der Waals surface area contributed by atoms with E-state index >= 15 is 0 Å². The molecule has 14 heteroatoms. The molecule has 0 aliphatic rings. The van der Waals surface area contributed by atoms with E-state index in [1.807, 2.05) is 0 Å². The molecule has 0 spiro atoms. The quantitative estimate of drug-likeness (QED) is 0.335. The number of aryl methyl sites for hydroxylation is 2. The smallest absolute Gasteiger partial charge is 0.416 e. The molecule has 0 saturated carbocycles. The highest BCUT2D eigenvalue weighted by Gasteiger charge is 2.30. The van der Waals surface area contributed by atoms with Gasteiger partial charge in [0.1, 0.15) is 5.75 Å². The van der Waals surface area contributed by atoms with Crippen LogP contribution in [0.2, 0.25) is 0 Å². The number of hydrogen-bond donors (Lipinski definition) is 2. The van der Waals surface area contributed by atoms with E-state index in [0.29, 0.717) is 17.1 Å². The number of carbonyl (C=O) groups is 1. The molecule has 0 bridgehead atoms. The monoisotopic (exact) mass is 546 g/mol. The fraction of sp³-hybridized carbons (Fsp3) is 0.167. The van der Waals surface area contributed by atoms with Gasteiger partial charge in [-0.3, -0.25) is 4.79 Å². The first-order valence-corrected chi connectivity index (χ1v) is 12.5. The lowest BCUT2D eigenvalue weighted by molar-refractivity contribution is -0.137. The molecule has 1 amide bonds. The van der Waals surface area contributed by atoms with Crippen LogP contribution in [0.1, 0.15) is 27.4 Å². The fourth-order valence-electron chi connectivity index (χ4n) is 3.32. The Morgan fingerprint density at radius 2 is 1.68 bits per heavy atom. The van der Waals surface area contributed by atoms with Crippen molar-refractivity contribution in [3.63, 3.8) is 0 Å². The molecule has 198 valence electrons. The largest absolute Gasteiger partial charge is 0.471 e. The van der Waals surface area contributed by atoms with E-state index in [4.69, 9.17) is 4.74 Å². The summed E-state index contributed by atoms with van der Waals surface area (Å²) < 4.78 is 72.7. The second kappa shape index (κ2) is 10.5. The first-order valence-electron chi connectivity index (χ1n) is 11.0. The van der Waals surface area contributed by atoms with E-state index in [1.54, 1.807) is 19.9 Å². The lowest BCUT2D eigenvalue weighted by Gasteiger charge is -2.10. The number of halogens is 3. The van der Waals surface area contributed by atoms with Crippen molar-refractivity contribution in [3.8, 4) is 5.75 Å². The summed E-state index contributed by atoms with van der Waals surface area (Å²) in [5.41, 5.74) is 0.703. The summed E-state index contributed by atoms with van der Waals surface area (Å²) in [6.45, 7) is 3.21. The van der Waals surface area contributed by atoms with Crippen LogP contribution in [0.5, 0.6) is 5.75 Å². The summed E-state index contributed by atoms with van der Waals surface area (Å²) in [6.07, 6.45) is -3.07. The Balaban J connectivity index is 1.36. The summed E-state index contributed by atoms with van der Waals surface area (Å²) in [6, 6.07) is 12.9. The van der Waals surface area contributed by atoms with Crippen LogP contribution in [0.3, 0.4) is 0 Å². The molecule has 2 heterocycles. The number of hydrogen-bond acceptors (Lipinski definition) is 7. The zero-order chi connectivity index (χ0) is 27.5. The second-order valence-corrected chi connectivity index (χ2v) is 9.78. The van der Waals surface area contributed by atoms with Crippen molar-refractivity contribution in [2.45, 2.75) is 31.7 Å². The Morgan fingerprint density at radius 3 is 2.34 bits per heavy atom. The van der Waals surface area contributed by atoms with E-state index in [0.717, 1.165) is 12.1 Å². The van der Waals surface area contributed by atoms with Crippen molar-refractivity contribution in [1.82, 2.24) is 19.7 Å².